The Balaban J connectivity index is 1.66. The third-order valence-electron chi connectivity index (χ3n) is 5.47. The van der Waals surface area contributed by atoms with Crippen LogP contribution in [-0.4, -0.2) is 53.9 Å². The summed E-state index contributed by atoms with van der Waals surface area (Å²) >= 11 is 0. The highest BCUT2D eigenvalue weighted by Crippen LogP contribution is 2.32. The number of morpholine rings is 1. The molecule has 10 heteroatoms. The first-order chi connectivity index (χ1) is 15.7. The van der Waals surface area contributed by atoms with Gasteiger partial charge < -0.3 is 14.1 Å². The van der Waals surface area contributed by atoms with Crippen molar-refractivity contribution in [3.63, 3.8) is 0 Å². The van der Waals surface area contributed by atoms with Crippen LogP contribution in [-0.2, 0) is 30.8 Å². The van der Waals surface area contributed by atoms with Crippen LogP contribution in [0.4, 0.5) is 5.88 Å². The summed E-state index contributed by atoms with van der Waals surface area (Å²) in [6.45, 7) is 5.52. The van der Waals surface area contributed by atoms with Gasteiger partial charge in [0, 0.05) is 19.5 Å². The van der Waals surface area contributed by atoms with Gasteiger partial charge in [-0.05, 0) is 38.1 Å². The van der Waals surface area contributed by atoms with Crippen molar-refractivity contribution in [1.29, 1.82) is 0 Å². The van der Waals surface area contributed by atoms with Crippen LogP contribution in [0.2, 0.25) is 0 Å². The van der Waals surface area contributed by atoms with E-state index < -0.39 is 19.7 Å². The van der Waals surface area contributed by atoms with Crippen molar-refractivity contribution in [2.75, 3.05) is 37.0 Å². The highest BCUT2D eigenvalue weighted by molar-refractivity contribution is 7.91. The minimum atomic E-state index is -3.96. The van der Waals surface area contributed by atoms with E-state index in [1.807, 2.05) is 13.8 Å². The van der Waals surface area contributed by atoms with Crippen molar-refractivity contribution in [3.05, 3.63) is 65.5 Å². The third-order valence-corrected chi connectivity index (χ3v) is 8.87. The van der Waals surface area contributed by atoms with E-state index in [1.165, 1.54) is 12.1 Å². The number of nitrogens with zero attached hydrogens (tertiary/aromatic N) is 2. The number of aromatic nitrogens is 1. The number of sulfone groups is 2. The van der Waals surface area contributed by atoms with Crippen LogP contribution in [0.3, 0.4) is 0 Å². The molecule has 0 amide bonds. The molecule has 0 saturated carbocycles. The summed E-state index contributed by atoms with van der Waals surface area (Å²) in [7, 11) is -7.54. The van der Waals surface area contributed by atoms with Crippen LogP contribution in [0.15, 0.2) is 67.8 Å². The molecule has 8 nitrogen and oxygen atoms in total. The van der Waals surface area contributed by atoms with Gasteiger partial charge in [0.25, 0.3) is 0 Å². The Labute approximate surface area is 194 Å². The Morgan fingerprint density at radius 3 is 1.97 bits per heavy atom. The van der Waals surface area contributed by atoms with Gasteiger partial charge in [-0.3, -0.25) is 0 Å². The third kappa shape index (κ3) is 5.13. The van der Waals surface area contributed by atoms with Gasteiger partial charge in [-0.15, -0.1) is 0 Å². The largest absolute Gasteiger partial charge is 0.424 e. The van der Waals surface area contributed by atoms with Crippen molar-refractivity contribution in [1.82, 2.24) is 4.98 Å². The van der Waals surface area contributed by atoms with Crippen LogP contribution >= 0.6 is 0 Å². The van der Waals surface area contributed by atoms with Crippen molar-refractivity contribution in [3.8, 4) is 0 Å². The van der Waals surface area contributed by atoms with Crippen LogP contribution < -0.4 is 4.90 Å². The van der Waals surface area contributed by atoms with E-state index in [0.717, 1.165) is 11.1 Å². The number of anilines is 1. The summed E-state index contributed by atoms with van der Waals surface area (Å²) in [5.74, 6) is -0.0529. The fourth-order valence-electron chi connectivity index (χ4n) is 3.50. The maximum atomic E-state index is 13.4. The smallest absolute Gasteiger partial charge is 0.236 e. The van der Waals surface area contributed by atoms with E-state index >= 15 is 0 Å². The number of benzene rings is 2. The lowest BCUT2D eigenvalue weighted by Crippen LogP contribution is -2.36. The second-order valence-corrected chi connectivity index (χ2v) is 12.0. The second-order valence-electron chi connectivity index (χ2n) is 8.02. The molecule has 2 heterocycles. The summed E-state index contributed by atoms with van der Waals surface area (Å²) in [5.41, 5.74) is 1.90. The molecule has 176 valence electrons. The van der Waals surface area contributed by atoms with Gasteiger partial charge in [0.05, 0.1) is 28.8 Å². The quantitative estimate of drug-likeness (QED) is 0.498. The minimum absolute atomic E-state index is 0.0447. The molecule has 1 saturated heterocycles. The monoisotopic (exact) mass is 490 g/mol. The normalized spacial score (nSPS) is 15.0. The predicted octanol–water partition coefficient (Wildman–Crippen LogP) is 2.98. The molecule has 1 fully saturated rings. The van der Waals surface area contributed by atoms with E-state index in [-0.39, 0.29) is 38.8 Å². The van der Waals surface area contributed by atoms with Crippen molar-refractivity contribution in [2.24, 2.45) is 0 Å². The van der Waals surface area contributed by atoms with E-state index in [2.05, 4.69) is 4.98 Å². The topological polar surface area (TPSA) is 107 Å². The molecule has 0 radical (unpaired) electrons. The Morgan fingerprint density at radius 2 is 1.39 bits per heavy atom. The molecule has 0 bridgehead atoms. The number of ether oxygens (including phenoxy) is 1. The van der Waals surface area contributed by atoms with Crippen molar-refractivity contribution in [2.45, 2.75) is 35.1 Å². The van der Waals surface area contributed by atoms with Gasteiger partial charge in [-0.25, -0.2) is 16.8 Å². The molecule has 0 atom stereocenters. The summed E-state index contributed by atoms with van der Waals surface area (Å²) in [4.78, 5) is 6.35. The van der Waals surface area contributed by atoms with Crippen LogP contribution in [0.5, 0.6) is 0 Å². The summed E-state index contributed by atoms with van der Waals surface area (Å²) in [5, 5.41) is -0.198. The highest BCUT2D eigenvalue weighted by Gasteiger charge is 2.32. The molecule has 4 rings (SSSR count). The van der Waals surface area contributed by atoms with E-state index in [1.54, 1.807) is 41.3 Å². The lowest BCUT2D eigenvalue weighted by molar-refractivity contribution is 0.120. The Hall–Kier alpha value is -2.69. The fourth-order valence-corrected chi connectivity index (χ4v) is 6.07. The van der Waals surface area contributed by atoms with Crippen LogP contribution in [0, 0.1) is 13.8 Å². The Kier molecular flexibility index (Phi) is 6.60. The van der Waals surface area contributed by atoms with Crippen molar-refractivity contribution < 1.29 is 26.0 Å². The molecule has 0 unspecified atom stereocenters. The first kappa shape index (κ1) is 23.5. The summed E-state index contributed by atoms with van der Waals surface area (Å²) in [6.07, 6.45) is -0.0447. The van der Waals surface area contributed by atoms with E-state index in [9.17, 15) is 16.8 Å². The molecule has 3 aromatic rings. The Morgan fingerprint density at radius 1 is 0.848 bits per heavy atom. The molecule has 1 aliphatic heterocycles. The van der Waals surface area contributed by atoms with Crippen molar-refractivity contribution >= 4 is 25.6 Å². The van der Waals surface area contributed by atoms with Gasteiger partial charge >= 0.3 is 0 Å². The van der Waals surface area contributed by atoms with E-state index in [0.29, 0.717) is 26.3 Å². The predicted molar refractivity (Wildman–Crippen MR) is 123 cm³/mol. The summed E-state index contributed by atoms with van der Waals surface area (Å²) < 4.78 is 63.5. The SMILES string of the molecule is Cc1ccc(S(=O)(=O)CCc2nc(S(=O)(=O)c3ccc(C)cc3)c(N3CCOCC3)o2)cc1. The zero-order chi connectivity index (χ0) is 23.6. The zero-order valence-corrected chi connectivity index (χ0v) is 20.2. The molecular weight excluding hydrogens is 464 g/mol. The van der Waals surface area contributed by atoms with Gasteiger partial charge in [-0.2, -0.15) is 4.98 Å². The second kappa shape index (κ2) is 9.28. The standard InChI is InChI=1S/C23H26N2O6S2/c1-17-3-7-19(8-4-17)32(26,27)16-11-21-24-22(23(31-21)25-12-14-30-15-13-25)33(28,29)20-9-5-18(2)6-10-20/h3-10H,11-16H2,1-2H3. The maximum Gasteiger partial charge on any atom is 0.236 e. The number of hydrogen-bond donors (Lipinski definition) is 0. The summed E-state index contributed by atoms with van der Waals surface area (Å²) in [6, 6.07) is 13.1. The average Bonchev–Trinajstić information content (AvgIpc) is 3.24. The van der Waals surface area contributed by atoms with Gasteiger partial charge in [-0.1, -0.05) is 35.4 Å². The minimum Gasteiger partial charge on any atom is -0.424 e. The lowest BCUT2D eigenvalue weighted by atomic mass is 10.2. The molecule has 33 heavy (non-hydrogen) atoms. The van der Waals surface area contributed by atoms with Crippen LogP contribution in [0.25, 0.3) is 0 Å². The Bertz CT molecular complexity index is 1320. The molecule has 0 aliphatic carbocycles. The molecule has 1 aliphatic rings. The fraction of sp³-hybridized carbons (Fsp3) is 0.348. The molecule has 1 aromatic heterocycles. The first-order valence-corrected chi connectivity index (χ1v) is 13.7. The molecular formula is C23H26N2O6S2. The highest BCUT2D eigenvalue weighted by atomic mass is 32.2. The van der Waals surface area contributed by atoms with Gasteiger partial charge in [0.2, 0.25) is 20.7 Å². The van der Waals surface area contributed by atoms with E-state index in [4.69, 9.17) is 9.15 Å². The van der Waals surface area contributed by atoms with Gasteiger partial charge in [0.15, 0.2) is 15.7 Å². The zero-order valence-electron chi connectivity index (χ0n) is 18.5. The van der Waals surface area contributed by atoms with Gasteiger partial charge in [0.1, 0.15) is 0 Å². The average molecular weight is 491 g/mol. The van der Waals surface area contributed by atoms with Crippen LogP contribution in [0.1, 0.15) is 17.0 Å². The molecule has 0 spiro atoms. The first-order valence-electron chi connectivity index (χ1n) is 10.6. The lowest BCUT2D eigenvalue weighted by Gasteiger charge is -2.26. The number of aryl methyl sites for hydroxylation is 3. The molecule has 2 aromatic carbocycles. The molecule has 0 N–H and O–H groups in total. The maximum absolute atomic E-state index is 13.4. The number of oxazole rings is 1. The number of hydrogen-bond acceptors (Lipinski definition) is 8. The number of rotatable bonds is 7.